The Bertz CT molecular complexity index is 906. The Morgan fingerprint density at radius 1 is 1.12 bits per heavy atom. The van der Waals surface area contributed by atoms with E-state index in [0.717, 1.165) is 17.7 Å². The molecule has 2 aromatic rings. The second kappa shape index (κ2) is 5.59. The summed E-state index contributed by atoms with van der Waals surface area (Å²) in [5, 5.41) is 2.79. The molecule has 3 rings (SSSR count). The lowest BCUT2D eigenvalue weighted by Gasteiger charge is -2.32. The van der Waals surface area contributed by atoms with Gasteiger partial charge in [-0.3, -0.25) is 9.52 Å². The van der Waals surface area contributed by atoms with Crippen molar-refractivity contribution in [3.63, 3.8) is 0 Å². The van der Waals surface area contributed by atoms with Crippen molar-refractivity contribution in [3.8, 4) is 0 Å². The van der Waals surface area contributed by atoms with E-state index in [1.807, 2.05) is 13.8 Å². The van der Waals surface area contributed by atoms with E-state index in [1.165, 1.54) is 12.1 Å². The highest BCUT2D eigenvalue weighted by Gasteiger charge is 2.32. The number of nitrogens with one attached hydrogen (secondary N) is 2. The van der Waals surface area contributed by atoms with E-state index in [-0.39, 0.29) is 10.8 Å². The summed E-state index contributed by atoms with van der Waals surface area (Å²) in [6.07, 6.45) is 0.328. The third-order valence-electron chi connectivity index (χ3n) is 4.00. The van der Waals surface area contributed by atoms with Crippen LogP contribution in [0, 0.1) is 5.82 Å². The van der Waals surface area contributed by atoms with Crippen LogP contribution in [0.4, 0.5) is 15.8 Å². The van der Waals surface area contributed by atoms with Crippen molar-refractivity contribution in [2.45, 2.75) is 30.6 Å². The summed E-state index contributed by atoms with van der Waals surface area (Å²) in [4.78, 5) is 11.7. The number of hydrogen-bond donors (Lipinski definition) is 2. The number of anilines is 2. The molecule has 0 bridgehead atoms. The Hall–Kier alpha value is -2.41. The molecule has 5 nitrogen and oxygen atoms in total. The Morgan fingerprint density at radius 3 is 2.46 bits per heavy atom. The summed E-state index contributed by atoms with van der Waals surface area (Å²) in [7, 11) is -3.81. The number of halogens is 1. The molecule has 0 aromatic heterocycles. The average molecular weight is 348 g/mol. The first-order valence-corrected chi connectivity index (χ1v) is 8.88. The number of sulfonamides is 1. The molecule has 0 fully saturated rings. The molecule has 0 radical (unpaired) electrons. The van der Waals surface area contributed by atoms with Gasteiger partial charge in [-0.05, 0) is 48.0 Å². The van der Waals surface area contributed by atoms with Crippen molar-refractivity contribution in [2.24, 2.45) is 0 Å². The Labute approximate surface area is 139 Å². The van der Waals surface area contributed by atoms with Crippen molar-refractivity contribution in [2.75, 3.05) is 10.0 Å². The van der Waals surface area contributed by atoms with Crippen LogP contribution in [0.25, 0.3) is 0 Å². The highest BCUT2D eigenvalue weighted by molar-refractivity contribution is 7.92. The van der Waals surface area contributed by atoms with Gasteiger partial charge < -0.3 is 5.32 Å². The molecule has 1 heterocycles. The molecule has 0 unspecified atom stereocenters. The first-order chi connectivity index (χ1) is 11.2. The maximum atomic E-state index is 13.0. The van der Waals surface area contributed by atoms with E-state index in [2.05, 4.69) is 10.0 Å². The normalized spacial score (nSPS) is 16.2. The van der Waals surface area contributed by atoms with Gasteiger partial charge in [-0.2, -0.15) is 0 Å². The number of carbonyl (C=O) groups is 1. The molecule has 2 N–H and O–H groups in total. The van der Waals surface area contributed by atoms with Crippen molar-refractivity contribution in [1.29, 1.82) is 0 Å². The molecule has 0 atom stereocenters. The van der Waals surface area contributed by atoms with E-state index >= 15 is 0 Å². The van der Waals surface area contributed by atoms with E-state index in [1.54, 1.807) is 18.2 Å². The third kappa shape index (κ3) is 3.12. The van der Waals surface area contributed by atoms with E-state index in [4.69, 9.17) is 0 Å². The zero-order chi connectivity index (χ0) is 17.5. The second-order valence-electron chi connectivity index (χ2n) is 6.43. The average Bonchev–Trinajstić information content (AvgIpc) is 2.47. The molecule has 0 aliphatic carbocycles. The molecule has 7 heteroatoms. The largest absolute Gasteiger partial charge is 0.326 e. The molecule has 0 saturated heterocycles. The summed E-state index contributed by atoms with van der Waals surface area (Å²) in [6.45, 7) is 3.87. The van der Waals surface area contributed by atoms with E-state index in [9.17, 15) is 17.6 Å². The highest BCUT2D eigenvalue weighted by Crippen LogP contribution is 2.38. The van der Waals surface area contributed by atoms with E-state index < -0.39 is 21.3 Å². The fourth-order valence-electron chi connectivity index (χ4n) is 2.80. The highest BCUT2D eigenvalue weighted by atomic mass is 32.2. The Kier molecular flexibility index (Phi) is 3.83. The SMILES string of the molecule is CC1(C)CC(=O)Nc2ccc(NS(=O)(=O)c3ccc(F)cc3)cc21. The van der Waals surface area contributed by atoms with Gasteiger partial charge >= 0.3 is 0 Å². The smallest absolute Gasteiger partial charge is 0.261 e. The monoisotopic (exact) mass is 348 g/mol. The predicted molar refractivity (Wildman–Crippen MR) is 89.9 cm³/mol. The number of carbonyl (C=O) groups excluding carboxylic acids is 1. The molecule has 1 aliphatic rings. The molecule has 0 saturated carbocycles. The van der Waals surface area contributed by atoms with Gasteiger partial charge in [-0.1, -0.05) is 13.8 Å². The zero-order valence-electron chi connectivity index (χ0n) is 13.3. The fourth-order valence-corrected chi connectivity index (χ4v) is 3.85. The molecule has 1 amide bonds. The van der Waals surface area contributed by atoms with Crippen LogP contribution in [0.15, 0.2) is 47.4 Å². The van der Waals surface area contributed by atoms with Crippen LogP contribution >= 0.6 is 0 Å². The van der Waals surface area contributed by atoms with Gasteiger partial charge in [0.05, 0.1) is 4.90 Å². The minimum atomic E-state index is -3.81. The zero-order valence-corrected chi connectivity index (χ0v) is 14.1. The topological polar surface area (TPSA) is 75.3 Å². The molecular formula is C17H17FN2O3S. The van der Waals surface area contributed by atoms with Gasteiger partial charge in [-0.15, -0.1) is 0 Å². The molecular weight excluding hydrogens is 331 g/mol. The van der Waals surface area contributed by atoms with Crippen molar-refractivity contribution < 1.29 is 17.6 Å². The summed E-state index contributed by atoms with van der Waals surface area (Å²) < 4.78 is 40.2. The van der Waals surface area contributed by atoms with Crippen molar-refractivity contribution >= 4 is 27.3 Å². The second-order valence-corrected chi connectivity index (χ2v) is 8.11. The molecule has 2 aromatic carbocycles. The molecule has 1 aliphatic heterocycles. The lowest BCUT2D eigenvalue weighted by molar-refractivity contribution is -0.117. The van der Waals surface area contributed by atoms with Crippen LogP contribution in [0.3, 0.4) is 0 Å². The third-order valence-corrected chi connectivity index (χ3v) is 5.40. The number of benzene rings is 2. The van der Waals surface area contributed by atoms with Crippen molar-refractivity contribution in [3.05, 3.63) is 53.8 Å². The summed E-state index contributed by atoms with van der Waals surface area (Å²) in [5.74, 6) is -0.563. The number of amides is 1. The molecule has 0 spiro atoms. The maximum Gasteiger partial charge on any atom is 0.261 e. The van der Waals surface area contributed by atoms with Crippen LogP contribution in [0.2, 0.25) is 0 Å². The van der Waals surface area contributed by atoms with Gasteiger partial charge in [0, 0.05) is 23.2 Å². The first kappa shape index (κ1) is 16.4. The number of fused-ring (bicyclic) bond motifs is 1. The van der Waals surface area contributed by atoms with Gasteiger partial charge in [-0.25, -0.2) is 12.8 Å². The van der Waals surface area contributed by atoms with Crippen LogP contribution < -0.4 is 10.0 Å². The molecule has 126 valence electrons. The van der Waals surface area contributed by atoms with Crippen LogP contribution in [-0.4, -0.2) is 14.3 Å². The van der Waals surface area contributed by atoms with Crippen LogP contribution in [0.5, 0.6) is 0 Å². The van der Waals surface area contributed by atoms with E-state index in [0.29, 0.717) is 17.8 Å². The lowest BCUT2D eigenvalue weighted by atomic mass is 9.78. The van der Waals surface area contributed by atoms with Crippen molar-refractivity contribution in [1.82, 2.24) is 0 Å². The van der Waals surface area contributed by atoms with Gasteiger partial charge in [0.15, 0.2) is 0 Å². The summed E-state index contributed by atoms with van der Waals surface area (Å²) in [5.41, 5.74) is 1.54. The number of rotatable bonds is 3. The van der Waals surface area contributed by atoms with Gasteiger partial charge in [0.25, 0.3) is 10.0 Å². The maximum absolute atomic E-state index is 13.0. The Balaban J connectivity index is 1.94. The molecule has 24 heavy (non-hydrogen) atoms. The number of hydrogen-bond acceptors (Lipinski definition) is 3. The predicted octanol–water partition coefficient (Wildman–Crippen LogP) is 3.25. The van der Waals surface area contributed by atoms with Crippen LogP contribution in [0.1, 0.15) is 25.8 Å². The summed E-state index contributed by atoms with van der Waals surface area (Å²) in [6, 6.07) is 9.59. The van der Waals surface area contributed by atoms with Crippen LogP contribution in [-0.2, 0) is 20.2 Å². The minimum Gasteiger partial charge on any atom is -0.326 e. The fraction of sp³-hybridized carbons (Fsp3) is 0.235. The quantitative estimate of drug-likeness (QED) is 0.894. The van der Waals surface area contributed by atoms with Gasteiger partial charge in [0.2, 0.25) is 5.91 Å². The Morgan fingerprint density at radius 2 is 1.79 bits per heavy atom. The standard InChI is InChI=1S/C17H17FN2O3S/c1-17(2)10-16(21)19-15-8-5-12(9-14(15)17)20-24(22,23)13-6-3-11(18)4-7-13/h3-9,20H,10H2,1-2H3,(H,19,21). The lowest BCUT2D eigenvalue weighted by Crippen LogP contribution is -2.32. The van der Waals surface area contributed by atoms with Gasteiger partial charge in [0.1, 0.15) is 5.82 Å². The minimum absolute atomic E-state index is 0.0193. The first-order valence-electron chi connectivity index (χ1n) is 7.40. The summed E-state index contributed by atoms with van der Waals surface area (Å²) >= 11 is 0.